The van der Waals surface area contributed by atoms with Gasteiger partial charge in [-0.3, -0.25) is 0 Å². The van der Waals surface area contributed by atoms with Crippen molar-refractivity contribution in [2.24, 2.45) is 5.41 Å². The first kappa shape index (κ1) is 17.5. The van der Waals surface area contributed by atoms with E-state index in [9.17, 15) is 9.90 Å². The Kier molecular flexibility index (Phi) is 11.7. The van der Waals surface area contributed by atoms with Crippen LogP contribution < -0.4 is 56.5 Å². The molecule has 0 atom stereocenters. The molecule has 0 aromatic carbocycles. The van der Waals surface area contributed by atoms with Crippen molar-refractivity contribution in [2.45, 2.75) is 59.3 Å². The molecule has 3 heteroatoms. The van der Waals surface area contributed by atoms with Gasteiger partial charge in [-0.25, -0.2) is 0 Å². The third-order valence-corrected chi connectivity index (χ3v) is 2.06. The number of carboxylic acids is 1. The Bertz CT molecular complexity index is 150. The molecule has 14 heavy (non-hydrogen) atoms. The summed E-state index contributed by atoms with van der Waals surface area (Å²) in [7, 11) is 0. The predicted molar refractivity (Wildman–Crippen MR) is 52.2 cm³/mol. The van der Waals surface area contributed by atoms with Crippen molar-refractivity contribution < 1.29 is 61.3 Å². The van der Waals surface area contributed by atoms with E-state index in [2.05, 4.69) is 20.8 Å². The molecule has 0 aliphatic heterocycles. The number of rotatable bonds is 6. The van der Waals surface area contributed by atoms with Crippen LogP contribution in [0.15, 0.2) is 0 Å². The molecule has 0 aromatic rings. The summed E-state index contributed by atoms with van der Waals surface area (Å²) in [6.07, 6.45) is 5.57. The maximum Gasteiger partial charge on any atom is 1.00 e. The summed E-state index contributed by atoms with van der Waals surface area (Å²) < 4.78 is 0. The zero-order chi connectivity index (χ0) is 10.3. The van der Waals surface area contributed by atoms with Gasteiger partial charge in [-0.2, -0.15) is 0 Å². The largest absolute Gasteiger partial charge is 1.00 e. The van der Waals surface area contributed by atoms with Gasteiger partial charge in [-0.1, -0.05) is 40.0 Å². The molecular formula is C11H21KO2. The van der Waals surface area contributed by atoms with E-state index in [0.29, 0.717) is 5.41 Å². The van der Waals surface area contributed by atoms with E-state index in [1.54, 1.807) is 0 Å². The van der Waals surface area contributed by atoms with Crippen LogP contribution in [0.4, 0.5) is 0 Å². The van der Waals surface area contributed by atoms with Gasteiger partial charge in [-0.05, 0) is 24.7 Å². The molecule has 0 bridgehead atoms. The van der Waals surface area contributed by atoms with Crippen LogP contribution in [-0.2, 0) is 4.79 Å². The van der Waals surface area contributed by atoms with Crippen LogP contribution in [0.5, 0.6) is 0 Å². The molecule has 0 fully saturated rings. The second kappa shape index (κ2) is 9.34. The molecule has 0 aliphatic rings. The molecule has 78 valence electrons. The molecule has 0 spiro atoms. The molecule has 0 aliphatic carbocycles. The molecule has 0 N–H and O–H groups in total. The Morgan fingerprint density at radius 1 is 1.07 bits per heavy atom. The van der Waals surface area contributed by atoms with Gasteiger partial charge < -0.3 is 9.90 Å². The van der Waals surface area contributed by atoms with E-state index in [1.807, 2.05) is 0 Å². The van der Waals surface area contributed by atoms with Crippen molar-refractivity contribution in [2.75, 3.05) is 0 Å². The summed E-state index contributed by atoms with van der Waals surface area (Å²) in [6, 6.07) is 0. The van der Waals surface area contributed by atoms with E-state index in [4.69, 9.17) is 0 Å². The molecule has 0 heterocycles. The fourth-order valence-corrected chi connectivity index (χ4v) is 1.28. The van der Waals surface area contributed by atoms with Gasteiger partial charge in [-0.15, -0.1) is 0 Å². The van der Waals surface area contributed by atoms with Crippen LogP contribution in [0.1, 0.15) is 59.3 Å². The smallest absolute Gasteiger partial charge is 0.550 e. The number of carbonyl (C=O) groups is 1. The van der Waals surface area contributed by atoms with Gasteiger partial charge in [0.05, 0.1) is 0 Å². The first-order valence-corrected chi connectivity index (χ1v) is 5.12. The van der Waals surface area contributed by atoms with Crippen LogP contribution in [0.25, 0.3) is 0 Å². The first-order valence-electron chi connectivity index (χ1n) is 5.12. The Balaban J connectivity index is 0. The van der Waals surface area contributed by atoms with Crippen molar-refractivity contribution in [1.29, 1.82) is 0 Å². The molecular weight excluding hydrogens is 203 g/mol. The second-order valence-electron chi connectivity index (χ2n) is 4.85. The van der Waals surface area contributed by atoms with E-state index in [-0.39, 0.29) is 57.8 Å². The van der Waals surface area contributed by atoms with Crippen molar-refractivity contribution in [3.63, 3.8) is 0 Å². The Morgan fingerprint density at radius 3 is 2.00 bits per heavy atom. The monoisotopic (exact) mass is 224 g/mol. The van der Waals surface area contributed by atoms with Crippen molar-refractivity contribution in [3.05, 3.63) is 0 Å². The molecule has 0 amide bonds. The third kappa shape index (κ3) is 15.6. The number of carbonyl (C=O) groups excluding carboxylic acids is 1. The summed E-state index contributed by atoms with van der Waals surface area (Å²) >= 11 is 0. The molecule has 0 aromatic heterocycles. The number of unbranched alkanes of at least 4 members (excludes halogenated alkanes) is 3. The fourth-order valence-electron chi connectivity index (χ4n) is 1.28. The number of aliphatic carboxylic acids is 1. The number of carboxylic acid groups (broad SMARTS) is 1. The minimum atomic E-state index is -0.921. The quantitative estimate of drug-likeness (QED) is 0.434. The van der Waals surface area contributed by atoms with Gasteiger partial charge in [0.2, 0.25) is 0 Å². The summed E-state index contributed by atoms with van der Waals surface area (Å²) in [5.41, 5.74) is 0.411. The maximum absolute atomic E-state index is 10.1. The van der Waals surface area contributed by atoms with Gasteiger partial charge in [0.25, 0.3) is 0 Å². The summed E-state index contributed by atoms with van der Waals surface area (Å²) in [4.78, 5) is 10.1. The minimum absolute atomic E-state index is 0. The standard InChI is InChI=1S/C11H22O2.K/c1-11(2,3)9-7-5-4-6-8-10(12)13;/h4-9H2,1-3H3,(H,12,13);/q;+1/p-1. The maximum atomic E-state index is 10.1. The zero-order valence-electron chi connectivity index (χ0n) is 10.1. The Morgan fingerprint density at radius 2 is 1.57 bits per heavy atom. The number of hydrogen-bond donors (Lipinski definition) is 0. The molecule has 0 unspecified atom stereocenters. The topological polar surface area (TPSA) is 40.1 Å². The molecule has 2 nitrogen and oxygen atoms in total. The summed E-state index contributed by atoms with van der Waals surface area (Å²) in [5, 5.41) is 10.1. The molecule has 0 saturated heterocycles. The Labute approximate surface area is 130 Å². The minimum Gasteiger partial charge on any atom is -0.550 e. The van der Waals surface area contributed by atoms with Gasteiger partial charge in [0.15, 0.2) is 0 Å². The first-order chi connectivity index (χ1) is 5.92. The molecule has 0 rings (SSSR count). The normalized spacial score (nSPS) is 10.8. The van der Waals surface area contributed by atoms with Gasteiger partial charge in [0.1, 0.15) is 0 Å². The summed E-state index contributed by atoms with van der Waals surface area (Å²) in [5.74, 6) is -0.921. The van der Waals surface area contributed by atoms with Crippen LogP contribution in [0.3, 0.4) is 0 Å². The van der Waals surface area contributed by atoms with Gasteiger partial charge in [0, 0.05) is 5.97 Å². The average Bonchev–Trinajstić information content (AvgIpc) is 1.93. The van der Waals surface area contributed by atoms with Crippen molar-refractivity contribution in [1.82, 2.24) is 0 Å². The van der Waals surface area contributed by atoms with E-state index >= 15 is 0 Å². The van der Waals surface area contributed by atoms with Crippen molar-refractivity contribution in [3.8, 4) is 0 Å². The van der Waals surface area contributed by atoms with Crippen LogP contribution in [-0.4, -0.2) is 5.97 Å². The molecule has 0 radical (unpaired) electrons. The average molecular weight is 224 g/mol. The van der Waals surface area contributed by atoms with Crippen molar-refractivity contribution >= 4 is 5.97 Å². The fraction of sp³-hybridized carbons (Fsp3) is 0.909. The molecule has 0 saturated carbocycles. The number of hydrogen-bond acceptors (Lipinski definition) is 2. The van der Waals surface area contributed by atoms with Crippen LogP contribution in [0, 0.1) is 5.41 Å². The van der Waals surface area contributed by atoms with E-state index in [1.165, 1.54) is 12.8 Å². The zero-order valence-corrected chi connectivity index (χ0v) is 13.2. The van der Waals surface area contributed by atoms with Gasteiger partial charge >= 0.3 is 51.4 Å². The summed E-state index contributed by atoms with van der Waals surface area (Å²) in [6.45, 7) is 6.69. The Hall–Kier alpha value is 1.11. The second-order valence-corrected chi connectivity index (χ2v) is 4.85. The van der Waals surface area contributed by atoms with E-state index in [0.717, 1.165) is 19.3 Å². The van der Waals surface area contributed by atoms with Crippen LogP contribution >= 0.6 is 0 Å². The SMILES string of the molecule is CC(C)(C)CCCCCCC(=O)[O-].[K+]. The van der Waals surface area contributed by atoms with Crippen LogP contribution in [0.2, 0.25) is 0 Å². The van der Waals surface area contributed by atoms with E-state index < -0.39 is 5.97 Å². The predicted octanol–water partition coefficient (Wildman–Crippen LogP) is -0.873. The third-order valence-electron chi connectivity index (χ3n) is 2.06.